The molecule has 0 spiro atoms. The standard InChI is InChI=1S/C13H14ClF3O2/c1-7-4-8(9(14)5-10(7)15)13(16,17)6-12(2,3)11(18)19/h4-5H,6H2,1-3H3,(H,18,19). The van der Waals surface area contributed by atoms with Gasteiger partial charge in [-0.1, -0.05) is 11.6 Å². The van der Waals surface area contributed by atoms with E-state index in [4.69, 9.17) is 16.7 Å². The van der Waals surface area contributed by atoms with Crippen molar-refractivity contribution in [2.75, 3.05) is 0 Å². The summed E-state index contributed by atoms with van der Waals surface area (Å²) in [5, 5.41) is 8.49. The molecule has 0 atom stereocenters. The fourth-order valence-electron chi connectivity index (χ4n) is 1.66. The summed E-state index contributed by atoms with van der Waals surface area (Å²) in [6.07, 6.45) is -0.917. The summed E-state index contributed by atoms with van der Waals surface area (Å²) in [5.74, 6) is -5.46. The molecule has 0 heterocycles. The third-order valence-corrected chi connectivity index (χ3v) is 3.20. The van der Waals surface area contributed by atoms with E-state index in [2.05, 4.69) is 0 Å². The lowest BCUT2D eigenvalue weighted by molar-refractivity contribution is -0.153. The lowest BCUT2D eigenvalue weighted by Gasteiger charge is -2.26. The first-order valence-corrected chi connectivity index (χ1v) is 5.92. The maximum absolute atomic E-state index is 14.1. The van der Waals surface area contributed by atoms with Crippen LogP contribution in [0.4, 0.5) is 13.2 Å². The van der Waals surface area contributed by atoms with Crippen LogP contribution in [0.15, 0.2) is 12.1 Å². The van der Waals surface area contributed by atoms with Gasteiger partial charge in [-0.05, 0) is 38.5 Å². The number of rotatable bonds is 4. The number of carboxylic acids is 1. The molecular weight excluding hydrogens is 281 g/mol. The Morgan fingerprint density at radius 1 is 1.37 bits per heavy atom. The lowest BCUT2D eigenvalue weighted by Crippen LogP contribution is -2.31. The first-order chi connectivity index (χ1) is 8.47. The van der Waals surface area contributed by atoms with Crippen molar-refractivity contribution in [3.05, 3.63) is 34.1 Å². The topological polar surface area (TPSA) is 37.3 Å². The maximum Gasteiger partial charge on any atom is 0.309 e. The quantitative estimate of drug-likeness (QED) is 0.895. The van der Waals surface area contributed by atoms with Gasteiger partial charge in [-0.2, -0.15) is 0 Å². The summed E-state index contributed by atoms with van der Waals surface area (Å²) in [7, 11) is 0. The first-order valence-electron chi connectivity index (χ1n) is 5.55. The number of halogens is 4. The van der Waals surface area contributed by atoms with Crippen molar-refractivity contribution in [3.8, 4) is 0 Å². The summed E-state index contributed by atoms with van der Waals surface area (Å²) in [6.45, 7) is 3.74. The summed E-state index contributed by atoms with van der Waals surface area (Å²) < 4.78 is 41.4. The molecule has 0 radical (unpaired) electrons. The van der Waals surface area contributed by atoms with Crippen LogP contribution in [0.3, 0.4) is 0 Å². The Bertz CT molecular complexity index is 513. The second-order valence-corrected chi connectivity index (χ2v) is 5.56. The summed E-state index contributed by atoms with van der Waals surface area (Å²) in [6, 6.07) is 1.77. The van der Waals surface area contributed by atoms with Gasteiger partial charge in [-0.15, -0.1) is 0 Å². The molecule has 0 unspecified atom stereocenters. The molecule has 0 aromatic heterocycles. The third kappa shape index (κ3) is 3.41. The van der Waals surface area contributed by atoms with Gasteiger partial charge in [0.2, 0.25) is 0 Å². The number of alkyl halides is 2. The Hall–Kier alpha value is -1.23. The molecule has 0 saturated heterocycles. The molecular formula is C13H14ClF3O2. The summed E-state index contributed by atoms with van der Waals surface area (Å²) in [4.78, 5) is 10.9. The first kappa shape index (κ1) is 15.8. The number of benzene rings is 1. The number of hydrogen-bond donors (Lipinski definition) is 1. The molecule has 0 aliphatic carbocycles. The van der Waals surface area contributed by atoms with Crippen molar-refractivity contribution in [1.82, 2.24) is 0 Å². The van der Waals surface area contributed by atoms with Crippen molar-refractivity contribution >= 4 is 17.6 Å². The summed E-state index contributed by atoms with van der Waals surface area (Å²) >= 11 is 5.63. The number of aliphatic carboxylic acids is 1. The van der Waals surface area contributed by atoms with Gasteiger partial charge in [0.1, 0.15) is 5.82 Å². The van der Waals surface area contributed by atoms with Crippen molar-refractivity contribution < 1.29 is 23.1 Å². The Kier molecular flexibility index (Phi) is 4.20. The molecule has 0 aliphatic rings. The van der Waals surface area contributed by atoms with Crippen LogP contribution in [0, 0.1) is 18.2 Å². The van der Waals surface area contributed by atoms with Gasteiger partial charge >= 0.3 is 5.97 Å². The highest BCUT2D eigenvalue weighted by Crippen LogP contribution is 2.43. The van der Waals surface area contributed by atoms with E-state index in [1.165, 1.54) is 20.8 Å². The van der Waals surface area contributed by atoms with Crippen LogP contribution < -0.4 is 0 Å². The highest BCUT2D eigenvalue weighted by atomic mass is 35.5. The number of hydrogen-bond acceptors (Lipinski definition) is 1. The lowest BCUT2D eigenvalue weighted by atomic mass is 9.84. The smallest absolute Gasteiger partial charge is 0.309 e. The SMILES string of the molecule is Cc1cc(C(F)(F)CC(C)(C)C(=O)O)c(Cl)cc1F. The molecule has 0 saturated carbocycles. The third-order valence-electron chi connectivity index (χ3n) is 2.89. The molecule has 2 nitrogen and oxygen atoms in total. The molecule has 0 amide bonds. The van der Waals surface area contributed by atoms with Crippen LogP contribution in [0.25, 0.3) is 0 Å². The van der Waals surface area contributed by atoms with Crippen LogP contribution >= 0.6 is 11.6 Å². The van der Waals surface area contributed by atoms with E-state index in [-0.39, 0.29) is 5.56 Å². The largest absolute Gasteiger partial charge is 0.481 e. The normalized spacial score (nSPS) is 12.6. The maximum atomic E-state index is 14.1. The van der Waals surface area contributed by atoms with Gasteiger partial charge in [-0.25, -0.2) is 13.2 Å². The van der Waals surface area contributed by atoms with Gasteiger partial charge < -0.3 is 5.11 Å². The minimum absolute atomic E-state index is 0.0345. The van der Waals surface area contributed by atoms with Gasteiger partial charge in [0, 0.05) is 12.0 Å². The number of aryl methyl sites for hydroxylation is 1. The molecule has 106 valence electrons. The zero-order valence-corrected chi connectivity index (χ0v) is 11.5. The van der Waals surface area contributed by atoms with E-state index in [1.54, 1.807) is 0 Å². The van der Waals surface area contributed by atoms with Crippen molar-refractivity contribution in [1.29, 1.82) is 0 Å². The van der Waals surface area contributed by atoms with Gasteiger partial charge in [0.25, 0.3) is 5.92 Å². The van der Waals surface area contributed by atoms with Crippen LogP contribution in [-0.2, 0) is 10.7 Å². The molecule has 19 heavy (non-hydrogen) atoms. The molecule has 6 heteroatoms. The van der Waals surface area contributed by atoms with Crippen LogP contribution in [0.2, 0.25) is 5.02 Å². The van der Waals surface area contributed by atoms with Crippen LogP contribution in [0.1, 0.15) is 31.4 Å². The second-order valence-electron chi connectivity index (χ2n) is 5.15. The van der Waals surface area contributed by atoms with E-state index in [9.17, 15) is 18.0 Å². The predicted octanol–water partition coefficient (Wildman–Crippen LogP) is 4.38. The Morgan fingerprint density at radius 2 is 1.89 bits per heavy atom. The minimum atomic E-state index is -3.45. The average molecular weight is 295 g/mol. The predicted molar refractivity (Wildman–Crippen MR) is 66.1 cm³/mol. The zero-order chi connectivity index (χ0) is 15.0. The highest BCUT2D eigenvalue weighted by molar-refractivity contribution is 6.31. The average Bonchev–Trinajstić information content (AvgIpc) is 2.21. The fourth-order valence-corrected chi connectivity index (χ4v) is 1.95. The van der Waals surface area contributed by atoms with Gasteiger partial charge in [0.15, 0.2) is 0 Å². The minimum Gasteiger partial charge on any atom is -0.481 e. The van der Waals surface area contributed by atoms with Crippen molar-refractivity contribution in [3.63, 3.8) is 0 Å². The molecule has 1 aromatic carbocycles. The molecule has 0 fully saturated rings. The molecule has 0 aliphatic heterocycles. The summed E-state index contributed by atoms with van der Waals surface area (Å²) in [5.41, 5.74) is -2.13. The van der Waals surface area contributed by atoms with Crippen LogP contribution in [0.5, 0.6) is 0 Å². The Labute approximate surface area is 114 Å². The molecule has 1 N–H and O–H groups in total. The Balaban J connectivity index is 3.21. The van der Waals surface area contributed by atoms with Gasteiger partial charge in [0.05, 0.1) is 10.4 Å². The van der Waals surface area contributed by atoms with Gasteiger partial charge in [-0.3, -0.25) is 4.79 Å². The van der Waals surface area contributed by atoms with E-state index in [1.807, 2.05) is 0 Å². The number of carboxylic acid groups (broad SMARTS) is 1. The van der Waals surface area contributed by atoms with Crippen molar-refractivity contribution in [2.24, 2.45) is 5.41 Å². The fraction of sp³-hybridized carbons (Fsp3) is 0.462. The molecule has 1 aromatic rings. The van der Waals surface area contributed by atoms with E-state index in [0.29, 0.717) is 0 Å². The second kappa shape index (κ2) is 5.04. The van der Waals surface area contributed by atoms with E-state index >= 15 is 0 Å². The zero-order valence-electron chi connectivity index (χ0n) is 10.7. The highest BCUT2D eigenvalue weighted by Gasteiger charge is 2.43. The van der Waals surface area contributed by atoms with E-state index < -0.39 is 40.1 Å². The van der Waals surface area contributed by atoms with Crippen LogP contribution in [-0.4, -0.2) is 11.1 Å². The molecule has 1 rings (SSSR count). The molecule has 0 bridgehead atoms. The van der Waals surface area contributed by atoms with E-state index in [0.717, 1.165) is 12.1 Å². The Morgan fingerprint density at radius 3 is 2.37 bits per heavy atom. The monoisotopic (exact) mass is 294 g/mol. The number of carbonyl (C=O) groups is 1. The van der Waals surface area contributed by atoms with Crippen molar-refractivity contribution in [2.45, 2.75) is 33.1 Å².